The number of benzene rings is 1. The summed E-state index contributed by atoms with van der Waals surface area (Å²) in [6.07, 6.45) is -2.26. The number of carbonyl (C=O) groups is 1. The van der Waals surface area contributed by atoms with Crippen LogP contribution in [0, 0.1) is 5.92 Å². The molecule has 3 rings (SSSR count). The summed E-state index contributed by atoms with van der Waals surface area (Å²) in [5, 5.41) is 9.83. The fraction of sp³-hybridized carbons (Fsp3) is 0.429. The predicted octanol–water partition coefficient (Wildman–Crippen LogP) is 4.28. The van der Waals surface area contributed by atoms with Crippen LogP contribution in [0.4, 0.5) is 13.2 Å². The zero-order valence-electron chi connectivity index (χ0n) is 10.9. The van der Waals surface area contributed by atoms with Gasteiger partial charge in [0.25, 0.3) is 0 Å². The van der Waals surface area contributed by atoms with E-state index in [0.29, 0.717) is 21.6 Å². The Balaban J connectivity index is 1.99. The van der Waals surface area contributed by atoms with Crippen molar-refractivity contribution < 1.29 is 23.1 Å². The van der Waals surface area contributed by atoms with Gasteiger partial charge in [0.15, 0.2) is 0 Å². The number of thiazole rings is 1. The number of hydrogen-bond donors (Lipinski definition) is 1. The molecule has 7 heteroatoms. The number of rotatable bonds is 2. The molecule has 2 atom stereocenters. The molecule has 0 radical (unpaired) electrons. The van der Waals surface area contributed by atoms with Crippen molar-refractivity contribution in [1.82, 2.24) is 4.98 Å². The van der Waals surface area contributed by atoms with Gasteiger partial charge >= 0.3 is 12.1 Å². The van der Waals surface area contributed by atoms with Crippen LogP contribution >= 0.6 is 11.3 Å². The van der Waals surface area contributed by atoms with Gasteiger partial charge in [-0.3, -0.25) is 4.79 Å². The minimum absolute atomic E-state index is 0.186. The highest BCUT2D eigenvalue weighted by Crippen LogP contribution is 2.43. The van der Waals surface area contributed by atoms with Crippen molar-refractivity contribution in [2.24, 2.45) is 5.92 Å². The highest BCUT2D eigenvalue weighted by atomic mass is 32.1. The normalized spacial score (nSPS) is 22.8. The van der Waals surface area contributed by atoms with E-state index in [1.807, 2.05) is 0 Å². The van der Waals surface area contributed by atoms with Crippen molar-refractivity contribution in [2.45, 2.75) is 31.4 Å². The van der Waals surface area contributed by atoms with E-state index in [1.165, 1.54) is 17.4 Å². The molecule has 0 bridgehead atoms. The first-order valence-electron chi connectivity index (χ1n) is 6.57. The van der Waals surface area contributed by atoms with E-state index < -0.39 is 23.6 Å². The molecule has 1 aliphatic rings. The van der Waals surface area contributed by atoms with Crippen molar-refractivity contribution in [3.63, 3.8) is 0 Å². The molecular formula is C14H12F3NO2S. The number of carboxylic acid groups (broad SMARTS) is 1. The van der Waals surface area contributed by atoms with Gasteiger partial charge < -0.3 is 5.11 Å². The van der Waals surface area contributed by atoms with E-state index in [2.05, 4.69) is 4.98 Å². The maximum absolute atomic E-state index is 12.7. The third-order valence-corrected chi connectivity index (χ3v) is 5.05. The van der Waals surface area contributed by atoms with E-state index in [-0.39, 0.29) is 5.92 Å². The molecule has 0 saturated heterocycles. The van der Waals surface area contributed by atoms with Crippen molar-refractivity contribution in [1.29, 1.82) is 0 Å². The molecule has 3 nitrogen and oxygen atoms in total. The Bertz CT molecular complexity index is 695. The molecule has 112 valence electrons. The van der Waals surface area contributed by atoms with E-state index in [0.717, 1.165) is 25.0 Å². The maximum Gasteiger partial charge on any atom is 0.416 e. The Morgan fingerprint density at radius 2 is 2.10 bits per heavy atom. The highest BCUT2D eigenvalue weighted by molar-refractivity contribution is 7.18. The van der Waals surface area contributed by atoms with Gasteiger partial charge in [-0.2, -0.15) is 13.2 Å². The van der Waals surface area contributed by atoms with E-state index in [1.54, 1.807) is 0 Å². The minimum Gasteiger partial charge on any atom is -0.481 e. The number of aromatic nitrogens is 1. The molecule has 0 aliphatic heterocycles. The molecule has 1 heterocycles. The average molecular weight is 315 g/mol. The summed E-state index contributed by atoms with van der Waals surface area (Å²) in [6, 6.07) is 3.47. The van der Waals surface area contributed by atoms with Gasteiger partial charge in [0.05, 0.1) is 26.7 Å². The molecule has 1 N–H and O–H groups in total. The molecule has 1 fully saturated rings. The smallest absolute Gasteiger partial charge is 0.416 e. The zero-order valence-corrected chi connectivity index (χ0v) is 11.7. The van der Waals surface area contributed by atoms with Crippen molar-refractivity contribution >= 4 is 27.5 Å². The van der Waals surface area contributed by atoms with Crippen LogP contribution in [0.3, 0.4) is 0 Å². The lowest BCUT2D eigenvalue weighted by molar-refractivity contribution is -0.142. The minimum atomic E-state index is -4.39. The highest BCUT2D eigenvalue weighted by Gasteiger charge is 2.36. The molecule has 1 aromatic carbocycles. The monoisotopic (exact) mass is 315 g/mol. The van der Waals surface area contributed by atoms with Gasteiger partial charge in [-0.15, -0.1) is 11.3 Å². The fourth-order valence-electron chi connectivity index (χ4n) is 2.83. The number of alkyl halides is 3. The fourth-order valence-corrected chi connectivity index (χ4v) is 3.98. The largest absolute Gasteiger partial charge is 0.481 e. The molecule has 1 aromatic heterocycles. The van der Waals surface area contributed by atoms with Crippen LogP contribution in [0.15, 0.2) is 18.2 Å². The average Bonchev–Trinajstić information content (AvgIpc) is 3.02. The Morgan fingerprint density at radius 1 is 1.33 bits per heavy atom. The van der Waals surface area contributed by atoms with Crippen molar-refractivity contribution in [3.8, 4) is 0 Å². The first-order chi connectivity index (χ1) is 9.86. The SMILES string of the molecule is O=C(O)C1CCCC1c1nc2cc(C(F)(F)F)ccc2s1. The quantitative estimate of drug-likeness (QED) is 0.899. The molecule has 1 saturated carbocycles. The number of aliphatic carboxylic acids is 1. The summed E-state index contributed by atoms with van der Waals surface area (Å²) in [5.41, 5.74) is -0.436. The summed E-state index contributed by atoms with van der Waals surface area (Å²) >= 11 is 1.29. The Morgan fingerprint density at radius 3 is 2.76 bits per heavy atom. The number of nitrogens with zero attached hydrogens (tertiary/aromatic N) is 1. The summed E-state index contributed by atoms with van der Waals surface area (Å²) < 4.78 is 38.7. The second kappa shape index (κ2) is 4.98. The maximum atomic E-state index is 12.7. The number of hydrogen-bond acceptors (Lipinski definition) is 3. The van der Waals surface area contributed by atoms with Crippen LogP contribution in [-0.4, -0.2) is 16.1 Å². The lowest BCUT2D eigenvalue weighted by Gasteiger charge is -2.11. The third kappa shape index (κ3) is 2.62. The molecule has 2 unspecified atom stereocenters. The summed E-state index contributed by atoms with van der Waals surface area (Å²) in [7, 11) is 0. The summed E-state index contributed by atoms with van der Waals surface area (Å²) in [4.78, 5) is 15.5. The van der Waals surface area contributed by atoms with E-state index in [4.69, 9.17) is 0 Å². The van der Waals surface area contributed by atoms with E-state index in [9.17, 15) is 23.1 Å². The molecular weight excluding hydrogens is 303 g/mol. The molecule has 0 spiro atoms. The zero-order chi connectivity index (χ0) is 15.2. The van der Waals surface area contributed by atoms with Gasteiger partial charge in [0.1, 0.15) is 0 Å². The van der Waals surface area contributed by atoms with Gasteiger partial charge in [-0.1, -0.05) is 6.42 Å². The van der Waals surface area contributed by atoms with Crippen molar-refractivity contribution in [3.05, 3.63) is 28.8 Å². The standard InChI is InChI=1S/C14H12F3NO2S/c15-14(16,17)7-4-5-11-10(6-7)18-12(21-11)8-2-1-3-9(8)13(19)20/h4-6,8-9H,1-3H2,(H,19,20). The molecule has 2 aromatic rings. The first kappa shape index (κ1) is 14.3. The van der Waals surface area contributed by atoms with Crippen molar-refractivity contribution in [2.75, 3.05) is 0 Å². The lowest BCUT2D eigenvalue weighted by atomic mass is 9.97. The topological polar surface area (TPSA) is 50.2 Å². The Labute approximate surface area is 122 Å². The molecule has 21 heavy (non-hydrogen) atoms. The van der Waals surface area contributed by atoms with Crippen LogP contribution in [0.1, 0.15) is 35.8 Å². The van der Waals surface area contributed by atoms with Crippen LogP contribution in [0.25, 0.3) is 10.2 Å². The van der Waals surface area contributed by atoms with Crippen LogP contribution in [-0.2, 0) is 11.0 Å². The van der Waals surface area contributed by atoms with Gasteiger partial charge in [0.2, 0.25) is 0 Å². The second-order valence-electron chi connectivity index (χ2n) is 5.21. The molecule has 0 amide bonds. The van der Waals surface area contributed by atoms with Gasteiger partial charge in [0, 0.05) is 5.92 Å². The third-order valence-electron chi connectivity index (χ3n) is 3.88. The number of halogens is 3. The lowest BCUT2D eigenvalue weighted by Crippen LogP contribution is -2.16. The predicted molar refractivity (Wildman–Crippen MR) is 72.3 cm³/mol. The van der Waals surface area contributed by atoms with Gasteiger partial charge in [-0.05, 0) is 31.0 Å². The van der Waals surface area contributed by atoms with Crippen LogP contribution in [0.2, 0.25) is 0 Å². The second-order valence-corrected chi connectivity index (χ2v) is 6.28. The van der Waals surface area contributed by atoms with Crippen LogP contribution in [0.5, 0.6) is 0 Å². The summed E-state index contributed by atoms with van der Waals surface area (Å²) in [6.45, 7) is 0. The molecule has 1 aliphatic carbocycles. The van der Waals surface area contributed by atoms with Crippen LogP contribution < -0.4 is 0 Å². The number of fused-ring (bicyclic) bond motifs is 1. The Kier molecular flexibility index (Phi) is 3.39. The summed E-state index contributed by atoms with van der Waals surface area (Å²) in [5.74, 6) is -1.52. The Hall–Kier alpha value is -1.63. The van der Waals surface area contributed by atoms with E-state index >= 15 is 0 Å². The first-order valence-corrected chi connectivity index (χ1v) is 7.38. The number of carboxylic acids is 1. The van der Waals surface area contributed by atoms with Gasteiger partial charge in [-0.25, -0.2) is 4.98 Å².